The Bertz CT molecular complexity index is 234. The SMILES string of the molecule is NC(=O)C(N)Cc1cncs1. The molecule has 0 radical (unpaired) electrons. The first-order valence-corrected chi connectivity index (χ1v) is 4.00. The van der Waals surface area contributed by atoms with Crippen LogP contribution in [0.3, 0.4) is 0 Å². The lowest BCUT2D eigenvalue weighted by atomic mass is 10.2. The van der Waals surface area contributed by atoms with E-state index < -0.39 is 11.9 Å². The molecule has 0 saturated carbocycles. The Morgan fingerprint density at radius 3 is 3.00 bits per heavy atom. The third kappa shape index (κ3) is 2.28. The van der Waals surface area contributed by atoms with Crippen molar-refractivity contribution in [2.24, 2.45) is 11.5 Å². The molecule has 0 bridgehead atoms. The second-order valence-corrected chi connectivity index (χ2v) is 3.15. The van der Waals surface area contributed by atoms with E-state index in [1.165, 1.54) is 11.3 Å². The van der Waals surface area contributed by atoms with Gasteiger partial charge in [-0.15, -0.1) is 11.3 Å². The van der Waals surface area contributed by atoms with Gasteiger partial charge in [0, 0.05) is 17.5 Å². The summed E-state index contributed by atoms with van der Waals surface area (Å²) in [5.41, 5.74) is 12.1. The molecule has 1 atom stereocenters. The number of aromatic nitrogens is 1. The Labute approximate surface area is 68.2 Å². The molecule has 1 unspecified atom stereocenters. The molecule has 0 saturated heterocycles. The highest BCUT2D eigenvalue weighted by molar-refractivity contribution is 7.09. The first-order chi connectivity index (χ1) is 5.20. The van der Waals surface area contributed by atoms with Crippen molar-refractivity contribution in [3.05, 3.63) is 16.6 Å². The first-order valence-electron chi connectivity index (χ1n) is 3.12. The number of amides is 1. The summed E-state index contributed by atoms with van der Waals surface area (Å²) in [5, 5.41) is 0. The molecular formula is C6H9N3OS. The molecule has 0 fully saturated rings. The number of carbonyl (C=O) groups is 1. The van der Waals surface area contributed by atoms with E-state index in [4.69, 9.17) is 11.5 Å². The van der Waals surface area contributed by atoms with Crippen molar-refractivity contribution in [2.75, 3.05) is 0 Å². The van der Waals surface area contributed by atoms with Crippen molar-refractivity contribution >= 4 is 17.2 Å². The second kappa shape index (κ2) is 3.45. The van der Waals surface area contributed by atoms with Crippen molar-refractivity contribution in [1.29, 1.82) is 0 Å². The third-order valence-corrected chi connectivity index (χ3v) is 2.07. The van der Waals surface area contributed by atoms with Crippen LogP contribution < -0.4 is 11.5 Å². The average molecular weight is 171 g/mol. The normalized spacial score (nSPS) is 12.8. The van der Waals surface area contributed by atoms with E-state index in [2.05, 4.69) is 4.98 Å². The summed E-state index contributed by atoms with van der Waals surface area (Å²) in [4.78, 5) is 15.3. The topological polar surface area (TPSA) is 82.0 Å². The van der Waals surface area contributed by atoms with E-state index in [0.29, 0.717) is 6.42 Å². The van der Waals surface area contributed by atoms with Crippen LogP contribution in [0.25, 0.3) is 0 Å². The van der Waals surface area contributed by atoms with Gasteiger partial charge in [0.25, 0.3) is 0 Å². The van der Waals surface area contributed by atoms with Crippen molar-refractivity contribution < 1.29 is 4.79 Å². The summed E-state index contributed by atoms with van der Waals surface area (Å²) in [5.74, 6) is -0.474. The summed E-state index contributed by atoms with van der Waals surface area (Å²) in [6.45, 7) is 0. The van der Waals surface area contributed by atoms with Gasteiger partial charge in [-0.2, -0.15) is 0 Å². The lowest BCUT2D eigenvalue weighted by Crippen LogP contribution is -2.37. The molecule has 60 valence electrons. The smallest absolute Gasteiger partial charge is 0.234 e. The second-order valence-electron chi connectivity index (χ2n) is 2.18. The van der Waals surface area contributed by atoms with Crippen LogP contribution in [-0.4, -0.2) is 16.9 Å². The third-order valence-electron chi connectivity index (χ3n) is 1.27. The predicted octanol–water partition coefficient (Wildman–Crippen LogP) is -0.502. The number of thiazole rings is 1. The molecule has 0 spiro atoms. The number of nitrogens with zero attached hydrogens (tertiary/aromatic N) is 1. The summed E-state index contributed by atoms with van der Waals surface area (Å²) in [6.07, 6.45) is 2.17. The van der Waals surface area contributed by atoms with Gasteiger partial charge in [-0.05, 0) is 0 Å². The molecule has 4 N–H and O–H groups in total. The standard InChI is InChI=1S/C6H9N3OS/c7-5(6(8)10)1-4-2-9-3-11-4/h2-3,5H,1,7H2,(H2,8,10). The molecule has 1 amide bonds. The molecule has 1 heterocycles. The molecule has 0 aliphatic rings. The highest BCUT2D eigenvalue weighted by Crippen LogP contribution is 2.07. The fourth-order valence-corrected chi connectivity index (χ4v) is 1.31. The van der Waals surface area contributed by atoms with Crippen molar-refractivity contribution in [2.45, 2.75) is 12.5 Å². The molecular weight excluding hydrogens is 162 g/mol. The van der Waals surface area contributed by atoms with Crippen molar-refractivity contribution in [3.8, 4) is 0 Å². The van der Waals surface area contributed by atoms with Gasteiger partial charge < -0.3 is 11.5 Å². The molecule has 5 heteroatoms. The first kappa shape index (κ1) is 8.16. The van der Waals surface area contributed by atoms with Gasteiger partial charge >= 0.3 is 0 Å². The Morgan fingerprint density at radius 1 is 1.82 bits per heavy atom. The lowest BCUT2D eigenvalue weighted by molar-refractivity contribution is -0.119. The van der Waals surface area contributed by atoms with E-state index in [1.807, 2.05) is 0 Å². The Kier molecular flexibility index (Phi) is 2.56. The minimum Gasteiger partial charge on any atom is -0.368 e. The molecule has 1 aromatic heterocycles. The van der Waals surface area contributed by atoms with Crippen LogP contribution in [0.15, 0.2) is 11.7 Å². The van der Waals surface area contributed by atoms with Crippen LogP contribution in [-0.2, 0) is 11.2 Å². The Balaban J connectivity index is 2.50. The fraction of sp³-hybridized carbons (Fsp3) is 0.333. The van der Waals surface area contributed by atoms with Crippen LogP contribution in [0.2, 0.25) is 0 Å². The van der Waals surface area contributed by atoms with Crippen LogP contribution in [0, 0.1) is 0 Å². The number of hydrogen-bond donors (Lipinski definition) is 2. The summed E-state index contributed by atoms with van der Waals surface area (Å²) in [7, 11) is 0. The molecule has 4 nitrogen and oxygen atoms in total. The maximum atomic E-state index is 10.5. The van der Waals surface area contributed by atoms with Gasteiger partial charge in [0.1, 0.15) is 0 Å². The lowest BCUT2D eigenvalue weighted by Gasteiger charge is -2.02. The van der Waals surface area contributed by atoms with E-state index in [-0.39, 0.29) is 0 Å². The van der Waals surface area contributed by atoms with E-state index in [1.54, 1.807) is 11.7 Å². The molecule has 11 heavy (non-hydrogen) atoms. The quantitative estimate of drug-likeness (QED) is 0.643. The number of nitrogens with two attached hydrogens (primary N) is 2. The minimum atomic E-state index is -0.588. The summed E-state index contributed by atoms with van der Waals surface area (Å²) in [6, 6.07) is -0.588. The molecule has 0 aromatic carbocycles. The maximum Gasteiger partial charge on any atom is 0.234 e. The van der Waals surface area contributed by atoms with Gasteiger partial charge in [-0.25, -0.2) is 0 Å². The predicted molar refractivity (Wildman–Crippen MR) is 43.0 cm³/mol. The van der Waals surface area contributed by atoms with Gasteiger partial charge in [0.05, 0.1) is 11.6 Å². The summed E-state index contributed by atoms with van der Waals surface area (Å²) >= 11 is 1.47. The molecule has 0 aliphatic carbocycles. The minimum absolute atomic E-state index is 0.474. The Morgan fingerprint density at radius 2 is 2.55 bits per heavy atom. The molecule has 0 aliphatic heterocycles. The van der Waals surface area contributed by atoms with E-state index >= 15 is 0 Å². The van der Waals surface area contributed by atoms with Crippen LogP contribution in [0.4, 0.5) is 0 Å². The number of primary amides is 1. The average Bonchev–Trinajstić information content (AvgIpc) is 2.39. The molecule has 1 rings (SSSR count). The van der Waals surface area contributed by atoms with Gasteiger partial charge in [-0.1, -0.05) is 0 Å². The highest BCUT2D eigenvalue weighted by atomic mass is 32.1. The van der Waals surface area contributed by atoms with Crippen molar-refractivity contribution in [3.63, 3.8) is 0 Å². The van der Waals surface area contributed by atoms with Crippen LogP contribution in [0.5, 0.6) is 0 Å². The van der Waals surface area contributed by atoms with Gasteiger partial charge in [0.15, 0.2) is 0 Å². The zero-order valence-corrected chi connectivity index (χ0v) is 6.67. The number of carbonyl (C=O) groups excluding carboxylic acids is 1. The van der Waals surface area contributed by atoms with E-state index in [9.17, 15) is 4.79 Å². The van der Waals surface area contributed by atoms with Gasteiger partial charge in [0.2, 0.25) is 5.91 Å². The van der Waals surface area contributed by atoms with Crippen molar-refractivity contribution in [1.82, 2.24) is 4.98 Å². The summed E-state index contributed by atoms with van der Waals surface area (Å²) < 4.78 is 0. The largest absolute Gasteiger partial charge is 0.368 e. The van der Waals surface area contributed by atoms with Crippen LogP contribution >= 0.6 is 11.3 Å². The monoisotopic (exact) mass is 171 g/mol. The zero-order valence-electron chi connectivity index (χ0n) is 5.86. The zero-order chi connectivity index (χ0) is 8.27. The number of rotatable bonds is 3. The fourth-order valence-electron chi connectivity index (χ4n) is 0.660. The maximum absolute atomic E-state index is 10.5. The number of hydrogen-bond acceptors (Lipinski definition) is 4. The molecule has 1 aromatic rings. The van der Waals surface area contributed by atoms with E-state index in [0.717, 1.165) is 4.88 Å². The van der Waals surface area contributed by atoms with Gasteiger partial charge in [-0.3, -0.25) is 9.78 Å². The highest BCUT2D eigenvalue weighted by Gasteiger charge is 2.10. The van der Waals surface area contributed by atoms with Crippen LogP contribution in [0.1, 0.15) is 4.88 Å². The Hall–Kier alpha value is -0.940.